The molecule has 1 aromatic carbocycles. The van der Waals surface area contributed by atoms with E-state index in [-0.39, 0.29) is 18.1 Å². The zero-order chi connectivity index (χ0) is 14.7. The zero-order valence-electron chi connectivity index (χ0n) is 12.4. The smallest absolute Gasteiger partial charge is 0.254 e. The van der Waals surface area contributed by atoms with Crippen LogP contribution in [0.25, 0.3) is 0 Å². The number of carbonyl (C=O) groups is 1. The summed E-state index contributed by atoms with van der Waals surface area (Å²) in [6.45, 7) is 5.15. The van der Waals surface area contributed by atoms with E-state index in [2.05, 4.69) is 0 Å². The van der Waals surface area contributed by atoms with Crippen LogP contribution >= 0.6 is 0 Å². The Morgan fingerprint density at radius 2 is 1.60 bits per heavy atom. The minimum atomic E-state index is -0.0239. The van der Waals surface area contributed by atoms with Crippen LogP contribution in [0, 0.1) is 0 Å². The summed E-state index contributed by atoms with van der Waals surface area (Å²) < 4.78 is 16.1. The molecule has 1 saturated heterocycles. The molecule has 0 saturated carbocycles. The number of morpholine rings is 1. The van der Waals surface area contributed by atoms with Crippen LogP contribution in [0.2, 0.25) is 0 Å². The van der Waals surface area contributed by atoms with Gasteiger partial charge >= 0.3 is 0 Å². The predicted octanol–water partition coefficient (Wildman–Crippen LogP) is 1.95. The van der Waals surface area contributed by atoms with Crippen molar-refractivity contribution >= 4 is 5.91 Å². The maximum absolute atomic E-state index is 12.6. The summed E-state index contributed by atoms with van der Waals surface area (Å²) in [6, 6.07) is 5.21. The largest absolute Gasteiger partial charge is 0.497 e. The average molecular weight is 279 g/mol. The molecule has 1 aliphatic rings. The molecule has 1 fully saturated rings. The minimum absolute atomic E-state index is 0.0239. The van der Waals surface area contributed by atoms with Gasteiger partial charge in [0.2, 0.25) is 0 Å². The first-order chi connectivity index (χ1) is 9.53. The van der Waals surface area contributed by atoms with Crippen molar-refractivity contribution in [1.82, 2.24) is 4.90 Å². The maximum Gasteiger partial charge on any atom is 0.254 e. The van der Waals surface area contributed by atoms with Crippen LogP contribution in [0.5, 0.6) is 11.5 Å². The quantitative estimate of drug-likeness (QED) is 0.848. The Morgan fingerprint density at radius 1 is 1.10 bits per heavy atom. The lowest BCUT2D eigenvalue weighted by Crippen LogP contribution is -2.48. The third kappa shape index (κ3) is 3.22. The highest BCUT2D eigenvalue weighted by Crippen LogP contribution is 2.24. The first-order valence-corrected chi connectivity index (χ1v) is 6.71. The number of benzene rings is 1. The predicted molar refractivity (Wildman–Crippen MR) is 75.5 cm³/mol. The molecule has 0 aliphatic carbocycles. The van der Waals surface area contributed by atoms with Gasteiger partial charge in [-0.2, -0.15) is 0 Å². The maximum atomic E-state index is 12.6. The number of rotatable bonds is 3. The Morgan fingerprint density at radius 3 is 2.05 bits per heavy atom. The van der Waals surface area contributed by atoms with Crippen LogP contribution in [0.1, 0.15) is 24.2 Å². The van der Waals surface area contributed by atoms with Crippen LogP contribution in [-0.4, -0.2) is 50.3 Å². The van der Waals surface area contributed by atoms with E-state index in [1.54, 1.807) is 32.4 Å². The van der Waals surface area contributed by atoms with E-state index in [9.17, 15) is 4.79 Å². The van der Waals surface area contributed by atoms with Gasteiger partial charge in [-0.05, 0) is 26.0 Å². The number of nitrogens with zero attached hydrogens (tertiary/aromatic N) is 1. The van der Waals surface area contributed by atoms with Gasteiger partial charge in [-0.3, -0.25) is 4.79 Å². The number of hydrogen-bond acceptors (Lipinski definition) is 4. The standard InChI is InChI=1S/C15H21NO4/c1-10-8-16(9-11(2)20-10)15(17)12-5-13(18-3)7-14(6-12)19-4/h5-7,10-11H,8-9H2,1-4H3/t10-,11-/m1/s1. The SMILES string of the molecule is COc1cc(OC)cc(C(=O)N2C[C@@H](C)O[C@H](C)C2)c1. The molecule has 0 spiro atoms. The van der Waals surface area contributed by atoms with Crippen molar-refractivity contribution in [2.75, 3.05) is 27.3 Å². The van der Waals surface area contributed by atoms with Crippen molar-refractivity contribution in [2.45, 2.75) is 26.1 Å². The lowest BCUT2D eigenvalue weighted by molar-refractivity contribution is -0.0586. The Bertz CT molecular complexity index is 457. The van der Waals surface area contributed by atoms with E-state index in [0.29, 0.717) is 30.2 Å². The van der Waals surface area contributed by atoms with Crippen molar-refractivity contribution in [3.63, 3.8) is 0 Å². The van der Waals surface area contributed by atoms with E-state index < -0.39 is 0 Å². The lowest BCUT2D eigenvalue weighted by atomic mass is 10.1. The fourth-order valence-corrected chi connectivity index (χ4v) is 2.46. The molecular formula is C15H21NO4. The Kier molecular flexibility index (Phi) is 4.49. The molecule has 1 aromatic rings. The van der Waals surface area contributed by atoms with Crippen LogP contribution in [0.4, 0.5) is 0 Å². The molecule has 2 atom stereocenters. The molecule has 110 valence electrons. The van der Waals surface area contributed by atoms with Gasteiger partial charge in [0, 0.05) is 24.7 Å². The van der Waals surface area contributed by atoms with Crippen molar-refractivity contribution in [1.29, 1.82) is 0 Å². The van der Waals surface area contributed by atoms with Gasteiger partial charge in [0.05, 0.1) is 26.4 Å². The normalized spacial score (nSPS) is 22.5. The topological polar surface area (TPSA) is 48.0 Å². The summed E-state index contributed by atoms with van der Waals surface area (Å²) in [7, 11) is 3.14. The number of amides is 1. The zero-order valence-corrected chi connectivity index (χ0v) is 12.4. The highest BCUT2D eigenvalue weighted by Gasteiger charge is 2.27. The van der Waals surface area contributed by atoms with Crippen molar-refractivity contribution in [2.24, 2.45) is 0 Å². The van der Waals surface area contributed by atoms with Crippen molar-refractivity contribution in [3.8, 4) is 11.5 Å². The van der Waals surface area contributed by atoms with Crippen LogP contribution in [-0.2, 0) is 4.74 Å². The molecular weight excluding hydrogens is 258 g/mol. The second-order valence-corrected chi connectivity index (χ2v) is 5.07. The first kappa shape index (κ1) is 14.7. The summed E-state index contributed by atoms with van der Waals surface area (Å²) >= 11 is 0. The summed E-state index contributed by atoms with van der Waals surface area (Å²) in [5.41, 5.74) is 0.572. The molecule has 0 bridgehead atoms. The summed E-state index contributed by atoms with van der Waals surface area (Å²) in [5.74, 6) is 1.20. The molecule has 2 rings (SSSR count). The molecule has 1 heterocycles. The third-order valence-electron chi connectivity index (χ3n) is 3.31. The first-order valence-electron chi connectivity index (χ1n) is 6.71. The summed E-state index contributed by atoms with van der Waals surface area (Å²) in [4.78, 5) is 14.4. The highest BCUT2D eigenvalue weighted by atomic mass is 16.5. The molecule has 0 aromatic heterocycles. The average Bonchev–Trinajstić information content (AvgIpc) is 2.44. The number of methoxy groups -OCH3 is 2. The van der Waals surface area contributed by atoms with E-state index in [0.717, 1.165) is 0 Å². The Labute approximate surface area is 119 Å². The number of hydrogen-bond donors (Lipinski definition) is 0. The van der Waals surface area contributed by atoms with Gasteiger partial charge < -0.3 is 19.1 Å². The van der Waals surface area contributed by atoms with Crippen molar-refractivity contribution < 1.29 is 19.0 Å². The second-order valence-electron chi connectivity index (χ2n) is 5.07. The fraction of sp³-hybridized carbons (Fsp3) is 0.533. The number of ether oxygens (including phenoxy) is 3. The molecule has 5 nitrogen and oxygen atoms in total. The van der Waals surface area contributed by atoms with Gasteiger partial charge in [0.1, 0.15) is 11.5 Å². The summed E-state index contributed by atoms with van der Waals surface area (Å²) in [5, 5.41) is 0. The van der Waals surface area contributed by atoms with E-state index >= 15 is 0 Å². The highest BCUT2D eigenvalue weighted by molar-refractivity contribution is 5.95. The van der Waals surface area contributed by atoms with Gasteiger partial charge in [-0.1, -0.05) is 0 Å². The molecule has 1 amide bonds. The van der Waals surface area contributed by atoms with Crippen LogP contribution in [0.15, 0.2) is 18.2 Å². The van der Waals surface area contributed by atoms with Gasteiger partial charge in [0.15, 0.2) is 0 Å². The van der Waals surface area contributed by atoms with Crippen LogP contribution in [0.3, 0.4) is 0 Å². The monoisotopic (exact) mass is 279 g/mol. The molecule has 0 radical (unpaired) electrons. The Balaban J connectivity index is 2.23. The molecule has 0 unspecified atom stereocenters. The molecule has 0 N–H and O–H groups in total. The summed E-state index contributed by atoms with van der Waals surface area (Å²) in [6.07, 6.45) is 0.102. The van der Waals surface area contributed by atoms with Gasteiger partial charge in [-0.15, -0.1) is 0 Å². The molecule has 20 heavy (non-hydrogen) atoms. The Hall–Kier alpha value is -1.75. The van der Waals surface area contributed by atoms with E-state index in [4.69, 9.17) is 14.2 Å². The van der Waals surface area contributed by atoms with Gasteiger partial charge in [0.25, 0.3) is 5.91 Å². The minimum Gasteiger partial charge on any atom is -0.497 e. The van der Waals surface area contributed by atoms with Gasteiger partial charge in [-0.25, -0.2) is 0 Å². The van der Waals surface area contributed by atoms with E-state index in [1.807, 2.05) is 18.7 Å². The van der Waals surface area contributed by atoms with Crippen molar-refractivity contribution in [3.05, 3.63) is 23.8 Å². The van der Waals surface area contributed by atoms with Crippen LogP contribution < -0.4 is 9.47 Å². The molecule has 1 aliphatic heterocycles. The fourth-order valence-electron chi connectivity index (χ4n) is 2.46. The number of carbonyl (C=O) groups excluding carboxylic acids is 1. The second kappa shape index (κ2) is 6.13. The van der Waals surface area contributed by atoms with E-state index in [1.165, 1.54) is 0 Å². The lowest BCUT2D eigenvalue weighted by Gasteiger charge is -2.35. The third-order valence-corrected chi connectivity index (χ3v) is 3.31. The molecule has 5 heteroatoms.